The summed E-state index contributed by atoms with van der Waals surface area (Å²) in [5.41, 5.74) is 7.15. The van der Waals surface area contributed by atoms with Crippen molar-refractivity contribution < 1.29 is 19.0 Å². The molecular weight excluding hydrogens is 370 g/mol. The summed E-state index contributed by atoms with van der Waals surface area (Å²) in [5, 5.41) is 0.721. The molecule has 3 aromatic rings. The molecule has 0 amide bonds. The molecule has 4 rings (SSSR count). The zero-order valence-corrected chi connectivity index (χ0v) is 15.4. The fourth-order valence-corrected chi connectivity index (χ4v) is 3.64. The zero-order valence-electron chi connectivity index (χ0n) is 14.5. The number of nitrogen functional groups attached to an aromatic ring is 1. The number of imidazole rings is 1. The number of ether oxygens (including phenoxy) is 3. The second-order valence-corrected chi connectivity index (χ2v) is 6.83. The molecule has 0 unspecified atom stereocenters. The van der Waals surface area contributed by atoms with Crippen LogP contribution in [0.25, 0.3) is 11.2 Å². The first kappa shape index (κ1) is 17.4. The van der Waals surface area contributed by atoms with E-state index in [4.69, 9.17) is 19.9 Å². The van der Waals surface area contributed by atoms with E-state index in [0.29, 0.717) is 42.3 Å². The molecule has 2 N–H and O–H groups in total. The van der Waals surface area contributed by atoms with E-state index in [2.05, 4.69) is 15.0 Å². The lowest BCUT2D eigenvalue weighted by molar-refractivity contribution is -0.141. The number of nitrogens with two attached hydrogens (primary N) is 1. The van der Waals surface area contributed by atoms with Gasteiger partial charge in [-0.05, 0) is 24.6 Å². The molecule has 0 radical (unpaired) electrons. The van der Waals surface area contributed by atoms with E-state index in [9.17, 15) is 4.79 Å². The Balaban J connectivity index is 1.63. The summed E-state index contributed by atoms with van der Waals surface area (Å²) in [4.78, 5) is 24.8. The number of fused-ring (bicyclic) bond motifs is 2. The molecular formula is C17H17N5O4S. The van der Waals surface area contributed by atoms with Gasteiger partial charge in [-0.1, -0.05) is 11.8 Å². The molecule has 0 spiro atoms. The maximum absolute atomic E-state index is 11.0. The van der Waals surface area contributed by atoms with Crippen LogP contribution in [0, 0.1) is 0 Å². The number of hydrogen-bond acceptors (Lipinski definition) is 9. The van der Waals surface area contributed by atoms with Crippen molar-refractivity contribution in [3.05, 3.63) is 24.5 Å². The van der Waals surface area contributed by atoms with E-state index in [0.717, 1.165) is 15.8 Å². The highest BCUT2D eigenvalue weighted by Gasteiger charge is 2.18. The summed E-state index contributed by atoms with van der Waals surface area (Å²) in [5.74, 6) is 1.46. The smallest absolute Gasteiger partial charge is 0.302 e. The summed E-state index contributed by atoms with van der Waals surface area (Å²) in [6.07, 6.45) is 2.04. The third kappa shape index (κ3) is 3.61. The number of nitrogens with zero attached hydrogens (tertiary/aromatic N) is 4. The maximum Gasteiger partial charge on any atom is 0.302 e. The molecule has 1 aromatic carbocycles. The molecule has 0 saturated carbocycles. The number of esters is 1. The van der Waals surface area contributed by atoms with Gasteiger partial charge in [-0.15, -0.1) is 0 Å². The summed E-state index contributed by atoms with van der Waals surface area (Å²) in [6, 6.07) is 5.72. The SMILES string of the molecule is CC(=O)OCCCn1c(Sc2ccc3c(c2)OCO3)nc2c(N)ncnc21. The number of hydrogen-bond donors (Lipinski definition) is 1. The Morgan fingerprint density at radius 2 is 2.19 bits per heavy atom. The molecule has 1 aliphatic rings. The van der Waals surface area contributed by atoms with Crippen LogP contribution in [0.1, 0.15) is 13.3 Å². The van der Waals surface area contributed by atoms with Gasteiger partial charge in [-0.2, -0.15) is 0 Å². The van der Waals surface area contributed by atoms with Crippen molar-refractivity contribution in [2.75, 3.05) is 19.1 Å². The van der Waals surface area contributed by atoms with E-state index in [1.54, 1.807) is 0 Å². The van der Waals surface area contributed by atoms with Gasteiger partial charge in [-0.3, -0.25) is 4.79 Å². The highest BCUT2D eigenvalue weighted by molar-refractivity contribution is 7.99. The number of anilines is 1. The Morgan fingerprint density at radius 3 is 3.04 bits per heavy atom. The van der Waals surface area contributed by atoms with Crippen LogP contribution in [0.4, 0.5) is 5.82 Å². The average Bonchev–Trinajstić information content (AvgIpc) is 3.24. The van der Waals surface area contributed by atoms with Crippen molar-refractivity contribution in [1.29, 1.82) is 0 Å². The molecule has 10 heteroatoms. The second-order valence-electron chi connectivity index (χ2n) is 5.79. The van der Waals surface area contributed by atoms with E-state index in [1.807, 2.05) is 22.8 Å². The van der Waals surface area contributed by atoms with Crippen LogP contribution in [-0.2, 0) is 16.1 Å². The number of rotatable bonds is 6. The first-order valence-electron chi connectivity index (χ1n) is 8.29. The number of carbonyl (C=O) groups excluding carboxylic acids is 1. The van der Waals surface area contributed by atoms with Crippen molar-refractivity contribution in [3.8, 4) is 11.5 Å². The minimum absolute atomic E-state index is 0.226. The topological polar surface area (TPSA) is 114 Å². The fraction of sp³-hybridized carbons (Fsp3) is 0.294. The number of aromatic nitrogens is 4. The highest BCUT2D eigenvalue weighted by Crippen LogP contribution is 2.38. The molecule has 27 heavy (non-hydrogen) atoms. The first-order chi connectivity index (χ1) is 13.1. The van der Waals surface area contributed by atoms with Gasteiger partial charge in [0.25, 0.3) is 0 Å². The average molecular weight is 387 g/mol. The minimum Gasteiger partial charge on any atom is -0.466 e. The molecule has 9 nitrogen and oxygen atoms in total. The minimum atomic E-state index is -0.299. The van der Waals surface area contributed by atoms with Gasteiger partial charge in [0, 0.05) is 18.4 Å². The van der Waals surface area contributed by atoms with Crippen LogP contribution >= 0.6 is 11.8 Å². The molecule has 0 saturated heterocycles. The van der Waals surface area contributed by atoms with Gasteiger partial charge >= 0.3 is 5.97 Å². The molecule has 3 heterocycles. The number of aryl methyl sites for hydroxylation is 1. The van der Waals surface area contributed by atoms with Gasteiger partial charge in [-0.25, -0.2) is 15.0 Å². The van der Waals surface area contributed by atoms with Gasteiger partial charge in [0.05, 0.1) is 6.61 Å². The van der Waals surface area contributed by atoms with Gasteiger partial charge in [0.15, 0.2) is 33.6 Å². The lowest BCUT2D eigenvalue weighted by Crippen LogP contribution is -2.07. The van der Waals surface area contributed by atoms with E-state index in [1.165, 1.54) is 25.0 Å². The van der Waals surface area contributed by atoms with E-state index < -0.39 is 0 Å². The zero-order chi connectivity index (χ0) is 18.8. The third-order valence-corrected chi connectivity index (χ3v) is 4.89. The van der Waals surface area contributed by atoms with Crippen molar-refractivity contribution in [2.45, 2.75) is 29.9 Å². The second kappa shape index (κ2) is 7.31. The predicted octanol–water partition coefficient (Wildman–Crippen LogP) is 2.24. The molecule has 0 aliphatic carbocycles. The predicted molar refractivity (Wildman–Crippen MR) is 97.7 cm³/mol. The van der Waals surface area contributed by atoms with Crippen molar-refractivity contribution >= 4 is 34.7 Å². The standard InChI is InChI=1S/C17H17N5O4S/c1-10(23)24-6-2-5-22-16-14(15(18)19-8-20-16)21-17(22)27-11-3-4-12-13(7-11)26-9-25-12/h3-4,7-8H,2,5-6,9H2,1H3,(H2,18,19,20). The van der Waals surface area contributed by atoms with Crippen LogP contribution in [-0.4, -0.2) is 38.9 Å². The summed E-state index contributed by atoms with van der Waals surface area (Å²) >= 11 is 1.46. The summed E-state index contributed by atoms with van der Waals surface area (Å²) < 4.78 is 17.7. The largest absolute Gasteiger partial charge is 0.466 e. The Labute approximate surface area is 158 Å². The number of benzene rings is 1. The van der Waals surface area contributed by atoms with Crippen molar-refractivity contribution in [2.24, 2.45) is 0 Å². The Kier molecular flexibility index (Phi) is 4.71. The quantitative estimate of drug-likeness (QED) is 0.502. The third-order valence-electron chi connectivity index (χ3n) is 3.91. The van der Waals surface area contributed by atoms with E-state index >= 15 is 0 Å². The Hall–Kier alpha value is -3.01. The molecule has 2 aromatic heterocycles. The fourth-order valence-electron chi connectivity index (χ4n) is 2.70. The molecule has 0 bridgehead atoms. The monoisotopic (exact) mass is 387 g/mol. The van der Waals surface area contributed by atoms with Gasteiger partial charge in [0.1, 0.15) is 6.33 Å². The summed E-state index contributed by atoms with van der Waals surface area (Å²) in [7, 11) is 0. The van der Waals surface area contributed by atoms with Gasteiger partial charge in [0.2, 0.25) is 6.79 Å². The van der Waals surface area contributed by atoms with Crippen molar-refractivity contribution in [1.82, 2.24) is 19.5 Å². The van der Waals surface area contributed by atoms with Crippen LogP contribution in [0.3, 0.4) is 0 Å². The normalized spacial score (nSPS) is 12.5. The Morgan fingerprint density at radius 1 is 1.33 bits per heavy atom. The molecule has 1 aliphatic heterocycles. The van der Waals surface area contributed by atoms with Crippen LogP contribution in [0.15, 0.2) is 34.6 Å². The van der Waals surface area contributed by atoms with Gasteiger partial charge < -0.3 is 24.5 Å². The molecule has 0 fully saturated rings. The Bertz CT molecular complexity index is 1010. The van der Waals surface area contributed by atoms with Crippen LogP contribution < -0.4 is 15.2 Å². The van der Waals surface area contributed by atoms with Crippen molar-refractivity contribution in [3.63, 3.8) is 0 Å². The highest BCUT2D eigenvalue weighted by atomic mass is 32.2. The summed E-state index contributed by atoms with van der Waals surface area (Å²) in [6.45, 7) is 2.52. The maximum atomic E-state index is 11.0. The van der Waals surface area contributed by atoms with Crippen LogP contribution in [0.2, 0.25) is 0 Å². The van der Waals surface area contributed by atoms with E-state index in [-0.39, 0.29) is 12.8 Å². The first-order valence-corrected chi connectivity index (χ1v) is 9.11. The molecule has 140 valence electrons. The lowest BCUT2D eigenvalue weighted by Gasteiger charge is -2.09. The lowest BCUT2D eigenvalue weighted by atomic mass is 10.3. The molecule has 0 atom stereocenters. The number of carbonyl (C=O) groups is 1. The van der Waals surface area contributed by atoms with Crippen LogP contribution in [0.5, 0.6) is 11.5 Å².